The van der Waals surface area contributed by atoms with E-state index in [9.17, 15) is 14.9 Å². The van der Waals surface area contributed by atoms with Gasteiger partial charge in [0.1, 0.15) is 0 Å². The number of para-hydroxylation sites is 2. The Kier molecular flexibility index (Phi) is 4.70. The van der Waals surface area contributed by atoms with Gasteiger partial charge in [0.15, 0.2) is 0 Å². The maximum Gasteiger partial charge on any atom is 0.270 e. The molecule has 1 aromatic heterocycles. The minimum atomic E-state index is -0.406. The van der Waals surface area contributed by atoms with E-state index in [-0.39, 0.29) is 11.6 Å². The van der Waals surface area contributed by atoms with Gasteiger partial charge in [0.05, 0.1) is 34.4 Å². The summed E-state index contributed by atoms with van der Waals surface area (Å²) in [5.41, 5.74) is 3.51. The third-order valence-corrected chi connectivity index (χ3v) is 4.88. The number of nitro benzene ring substituents is 1. The quantitative estimate of drug-likeness (QED) is 0.512. The third kappa shape index (κ3) is 3.67. The van der Waals surface area contributed by atoms with Crippen molar-refractivity contribution in [2.75, 3.05) is 26.7 Å². The molecule has 2 aromatic carbocycles. The summed E-state index contributed by atoms with van der Waals surface area (Å²) in [7, 11) is 1.78. The number of carbonyl (C=O) groups excluding carboxylic acids is 1. The number of likely N-dealkylation sites (N-methyl/N-ethyl adjacent to an activating group) is 1. The first-order chi connectivity index (χ1) is 13.5. The van der Waals surface area contributed by atoms with Crippen LogP contribution in [0.5, 0.6) is 0 Å². The first-order valence-corrected chi connectivity index (χ1v) is 8.96. The van der Waals surface area contributed by atoms with E-state index in [4.69, 9.17) is 0 Å². The van der Waals surface area contributed by atoms with Gasteiger partial charge < -0.3 is 4.90 Å². The fraction of sp³-hybridized carbons (Fsp3) is 0.250. The lowest BCUT2D eigenvalue weighted by Gasteiger charge is -2.31. The van der Waals surface area contributed by atoms with Crippen molar-refractivity contribution < 1.29 is 9.72 Å². The zero-order chi connectivity index (χ0) is 19.7. The average Bonchev–Trinajstić information content (AvgIpc) is 2.70. The topological polar surface area (TPSA) is 92.5 Å². The van der Waals surface area contributed by atoms with Crippen molar-refractivity contribution >= 4 is 22.6 Å². The molecule has 28 heavy (non-hydrogen) atoms. The SMILES string of the molecule is CN1CCN(Cc2cc(-c3cnc4ccccc4n3)cc([N+](=O)[O-])c2)CC1=O. The number of aromatic nitrogens is 2. The summed E-state index contributed by atoms with van der Waals surface area (Å²) in [6.07, 6.45) is 1.63. The van der Waals surface area contributed by atoms with Crippen LogP contribution in [0.2, 0.25) is 0 Å². The van der Waals surface area contributed by atoms with Crippen LogP contribution >= 0.6 is 0 Å². The number of benzene rings is 2. The number of hydrogen-bond acceptors (Lipinski definition) is 6. The number of hydrogen-bond donors (Lipinski definition) is 0. The highest BCUT2D eigenvalue weighted by molar-refractivity contribution is 5.79. The molecule has 8 nitrogen and oxygen atoms in total. The van der Waals surface area contributed by atoms with Crippen molar-refractivity contribution in [1.29, 1.82) is 0 Å². The van der Waals surface area contributed by atoms with E-state index in [1.54, 1.807) is 24.2 Å². The van der Waals surface area contributed by atoms with Gasteiger partial charge in [-0.15, -0.1) is 0 Å². The van der Waals surface area contributed by atoms with Crippen LogP contribution in [0.25, 0.3) is 22.3 Å². The second-order valence-electron chi connectivity index (χ2n) is 6.92. The standard InChI is InChI=1S/C20H19N5O3/c1-23-6-7-24(13-20(23)26)12-14-8-15(10-16(9-14)25(27)28)19-11-21-17-4-2-3-5-18(17)22-19/h2-5,8-11H,6-7,12-13H2,1H3. The van der Waals surface area contributed by atoms with Crippen LogP contribution < -0.4 is 0 Å². The molecule has 0 N–H and O–H groups in total. The number of fused-ring (bicyclic) bond motifs is 1. The summed E-state index contributed by atoms with van der Waals surface area (Å²) >= 11 is 0. The summed E-state index contributed by atoms with van der Waals surface area (Å²) in [6, 6.07) is 12.5. The Bertz CT molecular complexity index is 1070. The molecule has 8 heteroatoms. The van der Waals surface area contributed by atoms with E-state index < -0.39 is 4.92 Å². The number of carbonyl (C=O) groups is 1. The molecule has 1 saturated heterocycles. The van der Waals surface area contributed by atoms with E-state index in [0.29, 0.717) is 30.9 Å². The Hall–Kier alpha value is -3.39. The third-order valence-electron chi connectivity index (χ3n) is 4.88. The van der Waals surface area contributed by atoms with Crippen molar-refractivity contribution in [3.63, 3.8) is 0 Å². The molecule has 0 saturated carbocycles. The smallest absolute Gasteiger partial charge is 0.270 e. The Morgan fingerprint density at radius 2 is 1.93 bits per heavy atom. The van der Waals surface area contributed by atoms with Gasteiger partial charge in [0, 0.05) is 44.4 Å². The molecule has 0 radical (unpaired) electrons. The summed E-state index contributed by atoms with van der Waals surface area (Å²) in [6.45, 7) is 2.16. The van der Waals surface area contributed by atoms with Crippen LogP contribution in [-0.4, -0.2) is 57.3 Å². The lowest BCUT2D eigenvalue weighted by molar-refractivity contribution is -0.384. The van der Waals surface area contributed by atoms with Gasteiger partial charge in [-0.05, 0) is 23.8 Å². The molecule has 0 unspecified atom stereocenters. The van der Waals surface area contributed by atoms with Gasteiger partial charge in [0.2, 0.25) is 5.91 Å². The molecule has 1 aliphatic heterocycles. The van der Waals surface area contributed by atoms with Crippen molar-refractivity contribution in [1.82, 2.24) is 19.8 Å². The van der Waals surface area contributed by atoms with E-state index in [1.807, 2.05) is 35.2 Å². The van der Waals surface area contributed by atoms with Gasteiger partial charge in [-0.2, -0.15) is 0 Å². The molecular weight excluding hydrogens is 358 g/mol. The predicted octanol–water partition coefficient (Wildman–Crippen LogP) is 2.48. The number of amides is 1. The maximum absolute atomic E-state index is 11.9. The highest BCUT2D eigenvalue weighted by Crippen LogP contribution is 2.26. The second-order valence-corrected chi connectivity index (χ2v) is 6.92. The molecule has 2 heterocycles. The van der Waals surface area contributed by atoms with Crippen molar-refractivity contribution in [3.8, 4) is 11.3 Å². The number of non-ortho nitro benzene ring substituents is 1. The monoisotopic (exact) mass is 377 g/mol. The van der Waals surface area contributed by atoms with Gasteiger partial charge in [0.25, 0.3) is 5.69 Å². The number of nitrogens with zero attached hydrogens (tertiary/aromatic N) is 5. The summed E-state index contributed by atoms with van der Waals surface area (Å²) in [5.74, 6) is 0.0531. The van der Waals surface area contributed by atoms with Crippen molar-refractivity contribution in [2.45, 2.75) is 6.54 Å². The molecule has 1 aliphatic rings. The summed E-state index contributed by atoms with van der Waals surface area (Å²) < 4.78 is 0. The minimum absolute atomic E-state index is 0.00270. The molecular formula is C20H19N5O3. The highest BCUT2D eigenvalue weighted by Gasteiger charge is 2.22. The van der Waals surface area contributed by atoms with Crippen LogP contribution in [0.4, 0.5) is 5.69 Å². The van der Waals surface area contributed by atoms with Crippen LogP contribution in [0, 0.1) is 10.1 Å². The van der Waals surface area contributed by atoms with E-state index in [0.717, 1.165) is 23.1 Å². The Labute approximate surface area is 161 Å². The Balaban J connectivity index is 1.69. The van der Waals surface area contributed by atoms with Crippen molar-refractivity contribution in [2.24, 2.45) is 0 Å². The number of nitro groups is 1. The van der Waals surface area contributed by atoms with Gasteiger partial charge in [-0.25, -0.2) is 4.98 Å². The minimum Gasteiger partial charge on any atom is -0.343 e. The largest absolute Gasteiger partial charge is 0.343 e. The molecule has 0 spiro atoms. The molecule has 142 valence electrons. The molecule has 3 aromatic rings. The van der Waals surface area contributed by atoms with Gasteiger partial charge >= 0.3 is 0 Å². The Morgan fingerprint density at radius 3 is 2.68 bits per heavy atom. The van der Waals surface area contributed by atoms with Gasteiger partial charge in [-0.1, -0.05) is 12.1 Å². The normalized spacial score (nSPS) is 15.2. The van der Waals surface area contributed by atoms with Crippen LogP contribution in [0.1, 0.15) is 5.56 Å². The van der Waals surface area contributed by atoms with E-state index in [1.165, 1.54) is 6.07 Å². The summed E-state index contributed by atoms with van der Waals surface area (Å²) in [5, 5.41) is 11.4. The molecule has 1 amide bonds. The predicted molar refractivity (Wildman–Crippen MR) is 105 cm³/mol. The molecule has 4 rings (SSSR count). The maximum atomic E-state index is 11.9. The zero-order valence-corrected chi connectivity index (χ0v) is 15.4. The van der Waals surface area contributed by atoms with Gasteiger partial charge in [-0.3, -0.25) is 24.8 Å². The van der Waals surface area contributed by atoms with E-state index in [2.05, 4.69) is 9.97 Å². The molecule has 0 aliphatic carbocycles. The molecule has 0 bridgehead atoms. The van der Waals surface area contributed by atoms with E-state index >= 15 is 0 Å². The Morgan fingerprint density at radius 1 is 1.14 bits per heavy atom. The lowest BCUT2D eigenvalue weighted by Crippen LogP contribution is -2.47. The number of piperazine rings is 1. The first kappa shape index (κ1) is 18.0. The van der Waals surface area contributed by atoms with Crippen LogP contribution in [0.3, 0.4) is 0 Å². The fourth-order valence-electron chi connectivity index (χ4n) is 3.32. The lowest BCUT2D eigenvalue weighted by atomic mass is 10.1. The van der Waals surface area contributed by atoms with Crippen LogP contribution in [-0.2, 0) is 11.3 Å². The van der Waals surface area contributed by atoms with Crippen LogP contribution in [0.15, 0.2) is 48.7 Å². The molecule has 1 fully saturated rings. The van der Waals surface area contributed by atoms with Crippen molar-refractivity contribution in [3.05, 3.63) is 64.3 Å². The first-order valence-electron chi connectivity index (χ1n) is 8.96. The number of rotatable bonds is 4. The average molecular weight is 377 g/mol. The fourth-order valence-corrected chi connectivity index (χ4v) is 3.32. The molecule has 0 atom stereocenters. The second kappa shape index (κ2) is 7.32. The highest BCUT2D eigenvalue weighted by atomic mass is 16.6. The summed E-state index contributed by atoms with van der Waals surface area (Å²) in [4.78, 5) is 35.7. The zero-order valence-electron chi connectivity index (χ0n) is 15.4.